The second kappa shape index (κ2) is 12.5. The number of Topliss-reactive ketones (excluding diaryl/α,β-unsaturated/α-hetero) is 1. The van der Waals surface area contributed by atoms with Crippen molar-refractivity contribution in [1.29, 1.82) is 0 Å². The van der Waals surface area contributed by atoms with E-state index >= 15 is 0 Å². The van der Waals surface area contributed by atoms with Crippen molar-refractivity contribution in [3.05, 3.63) is 35.4 Å². The fraction of sp³-hybridized carbons (Fsp3) is 0.643. The molecule has 3 N–H and O–H groups in total. The van der Waals surface area contributed by atoms with Gasteiger partial charge in [-0.25, -0.2) is 4.79 Å². The standard InChI is InChI=1S/C28H40N4O5/c1-2-3-11-23(24(33)25(34)29-22-18-20-9-5-6-10-21(20)19-22)30-26(35)28(12-7-4-8-13-28)31-27(36)32-14-16-37-17-15-32/h5-6,9-10,22-23H,2-4,7-8,11-19H2,1H3,(H,29,34)(H,30,35)(H,31,36)/t23-/m0/s1. The number of fused-ring (bicyclic) bond motifs is 1. The molecule has 202 valence electrons. The first kappa shape index (κ1) is 27.1. The molecule has 0 unspecified atom stereocenters. The molecule has 1 aromatic rings. The molecule has 0 radical (unpaired) electrons. The maximum atomic E-state index is 13.7. The van der Waals surface area contributed by atoms with Crippen molar-refractivity contribution in [2.24, 2.45) is 0 Å². The van der Waals surface area contributed by atoms with Gasteiger partial charge in [-0.15, -0.1) is 0 Å². The zero-order chi connectivity index (χ0) is 26.3. The number of benzene rings is 1. The van der Waals surface area contributed by atoms with Gasteiger partial charge >= 0.3 is 6.03 Å². The fourth-order valence-corrected chi connectivity index (χ4v) is 5.66. The Kier molecular flexibility index (Phi) is 9.18. The van der Waals surface area contributed by atoms with Crippen LogP contribution in [0.5, 0.6) is 0 Å². The van der Waals surface area contributed by atoms with Gasteiger partial charge in [0.15, 0.2) is 0 Å². The van der Waals surface area contributed by atoms with Crippen LogP contribution in [0.15, 0.2) is 24.3 Å². The van der Waals surface area contributed by atoms with Crippen LogP contribution in [0.25, 0.3) is 0 Å². The molecule has 9 nitrogen and oxygen atoms in total. The number of urea groups is 1. The molecule has 3 aliphatic rings. The summed E-state index contributed by atoms with van der Waals surface area (Å²) in [4.78, 5) is 54.6. The number of ketones is 1. The fourth-order valence-electron chi connectivity index (χ4n) is 5.66. The normalized spacial score (nSPS) is 20.0. The van der Waals surface area contributed by atoms with Crippen LogP contribution in [0.2, 0.25) is 0 Å². The number of ether oxygens (including phenoxy) is 1. The molecule has 37 heavy (non-hydrogen) atoms. The number of morpholine rings is 1. The Morgan fingerprint density at radius 3 is 2.30 bits per heavy atom. The lowest BCUT2D eigenvalue weighted by Gasteiger charge is -2.39. The maximum Gasteiger partial charge on any atom is 0.318 e. The third-order valence-corrected chi connectivity index (χ3v) is 7.86. The number of unbranched alkanes of at least 4 members (excludes halogenated alkanes) is 1. The minimum Gasteiger partial charge on any atom is -0.378 e. The van der Waals surface area contributed by atoms with E-state index in [4.69, 9.17) is 4.74 Å². The topological polar surface area (TPSA) is 117 Å². The molecule has 2 aliphatic carbocycles. The van der Waals surface area contributed by atoms with Crippen molar-refractivity contribution in [1.82, 2.24) is 20.9 Å². The molecule has 1 heterocycles. The molecule has 1 saturated carbocycles. The summed E-state index contributed by atoms with van der Waals surface area (Å²) in [7, 11) is 0. The molecule has 2 fully saturated rings. The summed E-state index contributed by atoms with van der Waals surface area (Å²) in [6.45, 7) is 3.91. The lowest BCUT2D eigenvalue weighted by Crippen LogP contribution is -2.64. The molecule has 9 heteroatoms. The van der Waals surface area contributed by atoms with E-state index < -0.39 is 23.3 Å². The lowest BCUT2D eigenvalue weighted by atomic mass is 9.80. The Labute approximate surface area is 219 Å². The SMILES string of the molecule is CCCC[C@H](NC(=O)C1(NC(=O)N2CCOCC2)CCCCC1)C(=O)C(=O)NC1Cc2ccccc2C1. The molecule has 1 aromatic carbocycles. The number of hydrogen-bond donors (Lipinski definition) is 3. The van der Waals surface area contributed by atoms with Gasteiger partial charge in [-0.1, -0.05) is 63.3 Å². The second-order valence-electron chi connectivity index (χ2n) is 10.6. The van der Waals surface area contributed by atoms with Crippen LogP contribution >= 0.6 is 0 Å². The first-order chi connectivity index (χ1) is 17.9. The highest BCUT2D eigenvalue weighted by molar-refractivity contribution is 6.38. The van der Waals surface area contributed by atoms with Gasteiger partial charge in [0.05, 0.1) is 19.3 Å². The predicted octanol–water partition coefficient (Wildman–Crippen LogP) is 2.26. The first-order valence-corrected chi connectivity index (χ1v) is 13.8. The number of amides is 4. The summed E-state index contributed by atoms with van der Waals surface area (Å²) in [6, 6.07) is 6.71. The van der Waals surface area contributed by atoms with Gasteiger partial charge in [-0.2, -0.15) is 0 Å². The Morgan fingerprint density at radius 1 is 1.03 bits per heavy atom. The van der Waals surface area contributed by atoms with E-state index in [0.717, 1.165) is 25.7 Å². The van der Waals surface area contributed by atoms with Crippen LogP contribution in [-0.4, -0.2) is 72.5 Å². The summed E-state index contributed by atoms with van der Waals surface area (Å²) in [5.74, 6) is -1.65. The molecule has 1 saturated heterocycles. The Balaban J connectivity index is 1.42. The number of hydrogen-bond acceptors (Lipinski definition) is 5. The van der Waals surface area contributed by atoms with Crippen molar-refractivity contribution in [3.63, 3.8) is 0 Å². The number of rotatable bonds is 9. The van der Waals surface area contributed by atoms with Gasteiger partial charge in [0.1, 0.15) is 5.54 Å². The quantitative estimate of drug-likeness (QED) is 0.439. The summed E-state index contributed by atoms with van der Waals surface area (Å²) < 4.78 is 5.34. The predicted molar refractivity (Wildman–Crippen MR) is 139 cm³/mol. The molecule has 0 spiro atoms. The van der Waals surface area contributed by atoms with Crippen LogP contribution in [0.3, 0.4) is 0 Å². The van der Waals surface area contributed by atoms with Gasteiger partial charge in [0.25, 0.3) is 5.91 Å². The number of nitrogens with zero attached hydrogens (tertiary/aromatic N) is 1. The van der Waals surface area contributed by atoms with Crippen molar-refractivity contribution >= 4 is 23.6 Å². The molecule has 4 rings (SSSR count). The zero-order valence-corrected chi connectivity index (χ0v) is 21.9. The molecule has 0 aromatic heterocycles. The van der Waals surface area contributed by atoms with E-state index in [1.165, 1.54) is 11.1 Å². The van der Waals surface area contributed by atoms with Crippen molar-refractivity contribution in [3.8, 4) is 0 Å². The minimum atomic E-state index is -1.08. The van der Waals surface area contributed by atoms with E-state index in [1.807, 2.05) is 31.2 Å². The molecule has 1 atom stereocenters. The van der Waals surface area contributed by atoms with E-state index in [0.29, 0.717) is 64.8 Å². The van der Waals surface area contributed by atoms with Gasteiger partial charge in [0.2, 0.25) is 11.7 Å². The highest BCUT2D eigenvalue weighted by atomic mass is 16.5. The Morgan fingerprint density at radius 2 is 1.68 bits per heavy atom. The number of carbonyl (C=O) groups excluding carboxylic acids is 4. The van der Waals surface area contributed by atoms with Crippen LogP contribution in [0.4, 0.5) is 4.79 Å². The summed E-state index contributed by atoms with van der Waals surface area (Å²) in [5, 5.41) is 8.79. The van der Waals surface area contributed by atoms with Gasteiger partial charge in [-0.3, -0.25) is 14.4 Å². The van der Waals surface area contributed by atoms with Gasteiger partial charge < -0.3 is 25.6 Å². The van der Waals surface area contributed by atoms with Crippen LogP contribution in [-0.2, 0) is 32.0 Å². The highest BCUT2D eigenvalue weighted by Gasteiger charge is 2.43. The van der Waals surface area contributed by atoms with E-state index in [-0.39, 0.29) is 18.0 Å². The average Bonchev–Trinajstić information content (AvgIpc) is 3.33. The van der Waals surface area contributed by atoms with Gasteiger partial charge in [0, 0.05) is 19.1 Å². The molecular weight excluding hydrogens is 472 g/mol. The molecule has 0 bridgehead atoms. The first-order valence-electron chi connectivity index (χ1n) is 13.8. The largest absolute Gasteiger partial charge is 0.378 e. The molecule has 4 amide bonds. The van der Waals surface area contributed by atoms with E-state index in [9.17, 15) is 19.2 Å². The van der Waals surface area contributed by atoms with Crippen molar-refractivity contribution in [2.75, 3.05) is 26.3 Å². The summed E-state index contributed by atoms with van der Waals surface area (Å²) in [6.07, 6.45) is 6.94. The smallest absolute Gasteiger partial charge is 0.318 e. The third kappa shape index (κ3) is 6.69. The van der Waals surface area contributed by atoms with Crippen molar-refractivity contribution in [2.45, 2.75) is 88.8 Å². The van der Waals surface area contributed by atoms with E-state index in [1.54, 1.807) is 4.90 Å². The number of nitrogens with one attached hydrogen (secondary N) is 3. The average molecular weight is 513 g/mol. The van der Waals surface area contributed by atoms with E-state index in [2.05, 4.69) is 16.0 Å². The summed E-state index contributed by atoms with van der Waals surface area (Å²) >= 11 is 0. The molecule has 1 aliphatic heterocycles. The van der Waals surface area contributed by atoms with Crippen LogP contribution in [0, 0.1) is 0 Å². The highest BCUT2D eigenvalue weighted by Crippen LogP contribution is 2.29. The molecular formula is C28H40N4O5. The summed E-state index contributed by atoms with van der Waals surface area (Å²) in [5.41, 5.74) is 1.29. The Bertz CT molecular complexity index is 960. The minimum absolute atomic E-state index is 0.131. The zero-order valence-electron chi connectivity index (χ0n) is 21.9. The lowest BCUT2D eigenvalue weighted by molar-refractivity contribution is -0.141. The third-order valence-electron chi connectivity index (χ3n) is 7.86. The van der Waals surface area contributed by atoms with Crippen molar-refractivity contribution < 1.29 is 23.9 Å². The maximum absolute atomic E-state index is 13.7. The second-order valence-corrected chi connectivity index (χ2v) is 10.6. The monoisotopic (exact) mass is 512 g/mol. The van der Waals surface area contributed by atoms with Crippen LogP contribution < -0.4 is 16.0 Å². The Hall–Kier alpha value is -2.94. The van der Waals surface area contributed by atoms with Crippen LogP contribution in [0.1, 0.15) is 69.4 Å². The van der Waals surface area contributed by atoms with Gasteiger partial charge in [-0.05, 0) is 43.2 Å². The number of carbonyl (C=O) groups is 4.